The molecule has 0 amide bonds. The summed E-state index contributed by atoms with van der Waals surface area (Å²) in [6, 6.07) is 0. The average molecular weight is 222 g/mol. The Balaban J connectivity index is 3.51. The summed E-state index contributed by atoms with van der Waals surface area (Å²) in [5.41, 5.74) is 0. The van der Waals surface area contributed by atoms with Gasteiger partial charge in [-0.2, -0.15) is 0 Å². The van der Waals surface area contributed by atoms with Crippen LogP contribution in [0.2, 0.25) is 0 Å². The first kappa shape index (κ1) is 15.6. The molecular weight excluding hydrogens is 192 g/mol. The smallest absolute Gasteiger partial charge is 0.0146 e. The molecule has 0 heteroatoms. The van der Waals surface area contributed by atoms with Gasteiger partial charge in [-0.15, -0.1) is 11.8 Å². The Morgan fingerprint density at radius 2 is 1.50 bits per heavy atom. The van der Waals surface area contributed by atoms with E-state index in [-0.39, 0.29) is 0 Å². The lowest BCUT2D eigenvalue weighted by Crippen LogP contribution is -1.98. The first-order valence-corrected chi connectivity index (χ1v) is 7.04. The SMILES string of the molecule is CCCC(C)CCCC(C)CC#CC(C)C. The van der Waals surface area contributed by atoms with Crippen molar-refractivity contribution in [2.45, 2.75) is 73.1 Å². The van der Waals surface area contributed by atoms with E-state index in [1.165, 1.54) is 32.1 Å². The predicted molar refractivity (Wildman–Crippen MR) is 74.3 cm³/mol. The van der Waals surface area contributed by atoms with Crippen LogP contribution in [0.25, 0.3) is 0 Å². The van der Waals surface area contributed by atoms with Crippen LogP contribution in [0.1, 0.15) is 73.1 Å². The van der Waals surface area contributed by atoms with Gasteiger partial charge in [0.25, 0.3) is 0 Å². The van der Waals surface area contributed by atoms with Gasteiger partial charge >= 0.3 is 0 Å². The van der Waals surface area contributed by atoms with Gasteiger partial charge in [-0.25, -0.2) is 0 Å². The van der Waals surface area contributed by atoms with E-state index in [2.05, 4.69) is 46.5 Å². The maximum absolute atomic E-state index is 3.30. The molecule has 0 radical (unpaired) electrons. The Bertz CT molecular complexity index is 204. The molecule has 0 bridgehead atoms. The minimum atomic E-state index is 0.525. The van der Waals surface area contributed by atoms with E-state index < -0.39 is 0 Å². The molecule has 0 nitrogen and oxygen atoms in total. The molecule has 2 unspecified atom stereocenters. The summed E-state index contributed by atoms with van der Waals surface area (Å²) in [4.78, 5) is 0. The topological polar surface area (TPSA) is 0 Å². The molecule has 0 spiro atoms. The molecule has 2 atom stereocenters. The van der Waals surface area contributed by atoms with Crippen LogP contribution in [0.4, 0.5) is 0 Å². The third kappa shape index (κ3) is 10.1. The maximum Gasteiger partial charge on any atom is 0.0146 e. The maximum atomic E-state index is 3.30. The minimum Gasteiger partial charge on any atom is -0.103 e. The molecule has 0 saturated carbocycles. The summed E-state index contributed by atoms with van der Waals surface area (Å²) in [7, 11) is 0. The van der Waals surface area contributed by atoms with Crippen LogP contribution in [0.3, 0.4) is 0 Å². The Morgan fingerprint density at radius 1 is 0.875 bits per heavy atom. The van der Waals surface area contributed by atoms with Crippen molar-refractivity contribution in [3.63, 3.8) is 0 Å². The molecular formula is C16H30. The predicted octanol–water partition coefficient (Wildman–Crippen LogP) is 5.28. The van der Waals surface area contributed by atoms with Crippen molar-refractivity contribution in [1.82, 2.24) is 0 Å². The molecule has 0 aliphatic heterocycles. The first-order chi connectivity index (χ1) is 7.56. The summed E-state index contributed by atoms with van der Waals surface area (Å²) in [6.45, 7) is 11.3. The van der Waals surface area contributed by atoms with Crippen LogP contribution in [0.15, 0.2) is 0 Å². The van der Waals surface area contributed by atoms with E-state index in [4.69, 9.17) is 0 Å². The van der Waals surface area contributed by atoms with Crippen molar-refractivity contribution in [2.24, 2.45) is 17.8 Å². The quantitative estimate of drug-likeness (QED) is 0.514. The highest BCUT2D eigenvalue weighted by atomic mass is 14.1. The van der Waals surface area contributed by atoms with Gasteiger partial charge in [0, 0.05) is 12.3 Å². The summed E-state index contributed by atoms with van der Waals surface area (Å²) in [6.07, 6.45) is 7.93. The van der Waals surface area contributed by atoms with Gasteiger partial charge in [-0.05, 0) is 18.3 Å². The van der Waals surface area contributed by atoms with Gasteiger partial charge in [0.2, 0.25) is 0 Å². The number of hydrogen-bond donors (Lipinski definition) is 0. The van der Waals surface area contributed by atoms with Crippen LogP contribution in [-0.2, 0) is 0 Å². The van der Waals surface area contributed by atoms with Crippen molar-refractivity contribution < 1.29 is 0 Å². The Morgan fingerprint density at radius 3 is 2.06 bits per heavy atom. The summed E-state index contributed by atoms with van der Waals surface area (Å²) in [5.74, 6) is 8.76. The molecule has 94 valence electrons. The van der Waals surface area contributed by atoms with Gasteiger partial charge in [0.15, 0.2) is 0 Å². The second-order valence-electron chi connectivity index (χ2n) is 5.61. The molecule has 0 aliphatic rings. The standard InChI is InChI=1S/C16H30/c1-6-9-15(4)12-8-13-16(5)11-7-10-14(2)3/h14-16H,6,8-9,11-13H2,1-5H3. The zero-order valence-corrected chi connectivity index (χ0v) is 12.0. The van der Waals surface area contributed by atoms with Crippen molar-refractivity contribution in [3.05, 3.63) is 0 Å². The van der Waals surface area contributed by atoms with Crippen LogP contribution >= 0.6 is 0 Å². The third-order valence-electron chi connectivity index (χ3n) is 3.02. The molecule has 0 rings (SSSR count). The Labute approximate surface area is 103 Å². The normalized spacial score (nSPS) is 14.4. The molecule has 0 aliphatic carbocycles. The van der Waals surface area contributed by atoms with E-state index in [0.717, 1.165) is 18.3 Å². The zero-order valence-electron chi connectivity index (χ0n) is 12.0. The van der Waals surface area contributed by atoms with Gasteiger partial charge < -0.3 is 0 Å². The van der Waals surface area contributed by atoms with Gasteiger partial charge in [0.05, 0.1) is 0 Å². The number of hydrogen-bond acceptors (Lipinski definition) is 0. The van der Waals surface area contributed by atoms with E-state index >= 15 is 0 Å². The summed E-state index contributed by atoms with van der Waals surface area (Å²) in [5, 5.41) is 0. The fourth-order valence-corrected chi connectivity index (χ4v) is 1.99. The van der Waals surface area contributed by atoms with E-state index in [0.29, 0.717) is 5.92 Å². The molecule has 0 heterocycles. The molecule has 0 aromatic carbocycles. The van der Waals surface area contributed by atoms with Crippen LogP contribution in [0.5, 0.6) is 0 Å². The summed E-state index contributed by atoms with van der Waals surface area (Å²) >= 11 is 0. The van der Waals surface area contributed by atoms with Gasteiger partial charge in [-0.3, -0.25) is 0 Å². The molecule has 0 aromatic heterocycles. The van der Waals surface area contributed by atoms with Crippen LogP contribution in [0, 0.1) is 29.6 Å². The van der Waals surface area contributed by atoms with Gasteiger partial charge in [0.1, 0.15) is 0 Å². The van der Waals surface area contributed by atoms with Crippen molar-refractivity contribution in [1.29, 1.82) is 0 Å². The minimum absolute atomic E-state index is 0.525. The molecule has 16 heavy (non-hydrogen) atoms. The average Bonchev–Trinajstić information content (AvgIpc) is 2.17. The Hall–Kier alpha value is -0.440. The highest BCUT2D eigenvalue weighted by molar-refractivity contribution is 5.01. The fraction of sp³-hybridized carbons (Fsp3) is 0.875. The molecule has 0 aromatic rings. The highest BCUT2D eigenvalue weighted by Gasteiger charge is 2.03. The molecule has 0 fully saturated rings. The van der Waals surface area contributed by atoms with E-state index in [9.17, 15) is 0 Å². The van der Waals surface area contributed by atoms with Gasteiger partial charge in [-0.1, -0.05) is 60.3 Å². The second kappa shape index (κ2) is 9.76. The van der Waals surface area contributed by atoms with Crippen LogP contribution < -0.4 is 0 Å². The largest absolute Gasteiger partial charge is 0.103 e. The first-order valence-electron chi connectivity index (χ1n) is 7.04. The second-order valence-corrected chi connectivity index (χ2v) is 5.61. The van der Waals surface area contributed by atoms with Crippen molar-refractivity contribution >= 4 is 0 Å². The Kier molecular flexibility index (Phi) is 9.49. The van der Waals surface area contributed by atoms with Crippen molar-refractivity contribution in [3.8, 4) is 11.8 Å². The van der Waals surface area contributed by atoms with E-state index in [1.807, 2.05) is 0 Å². The lowest BCUT2D eigenvalue weighted by Gasteiger charge is -2.11. The number of rotatable bonds is 7. The summed E-state index contributed by atoms with van der Waals surface area (Å²) < 4.78 is 0. The van der Waals surface area contributed by atoms with Crippen LogP contribution in [-0.4, -0.2) is 0 Å². The fourth-order valence-electron chi connectivity index (χ4n) is 1.99. The molecule has 0 N–H and O–H groups in total. The monoisotopic (exact) mass is 222 g/mol. The molecule has 0 saturated heterocycles. The lowest BCUT2D eigenvalue weighted by atomic mass is 9.94. The highest BCUT2D eigenvalue weighted by Crippen LogP contribution is 2.17. The third-order valence-corrected chi connectivity index (χ3v) is 3.02. The zero-order chi connectivity index (χ0) is 12.4. The lowest BCUT2D eigenvalue weighted by molar-refractivity contribution is 0.425. The van der Waals surface area contributed by atoms with E-state index in [1.54, 1.807) is 0 Å². The van der Waals surface area contributed by atoms with Crippen molar-refractivity contribution in [2.75, 3.05) is 0 Å².